The number of carboxylic acid groups (broad SMARTS) is 1. The monoisotopic (exact) mass is 300 g/mol. The molecule has 3 atom stereocenters. The summed E-state index contributed by atoms with van der Waals surface area (Å²) in [6, 6.07) is -2.22. The van der Waals surface area contributed by atoms with Crippen LogP contribution in [0, 0.1) is 5.41 Å². The van der Waals surface area contributed by atoms with Crippen molar-refractivity contribution in [1.29, 1.82) is 0 Å². The van der Waals surface area contributed by atoms with Gasteiger partial charge in [0.05, 0.1) is 25.9 Å². The lowest BCUT2D eigenvalue weighted by Gasteiger charge is -2.46. The molecule has 0 bridgehead atoms. The van der Waals surface area contributed by atoms with Crippen LogP contribution in [0.25, 0.3) is 10.4 Å². The smallest absolute Gasteiger partial charge is 0.407 e. The van der Waals surface area contributed by atoms with Crippen molar-refractivity contribution >= 4 is 12.1 Å². The maximum Gasteiger partial charge on any atom is 0.407 e. The van der Waals surface area contributed by atoms with Crippen LogP contribution in [0.2, 0.25) is 0 Å². The molecule has 0 spiro atoms. The number of amides is 1. The van der Waals surface area contributed by atoms with Crippen molar-refractivity contribution in [2.45, 2.75) is 39.0 Å². The second-order valence-corrected chi connectivity index (χ2v) is 5.80. The van der Waals surface area contributed by atoms with Gasteiger partial charge < -0.3 is 14.6 Å². The van der Waals surface area contributed by atoms with E-state index in [9.17, 15) is 14.7 Å². The summed E-state index contributed by atoms with van der Waals surface area (Å²) in [5.41, 5.74) is 8.22. The van der Waals surface area contributed by atoms with Gasteiger partial charge >= 0.3 is 12.1 Å². The van der Waals surface area contributed by atoms with Crippen LogP contribution in [-0.2, 0) is 14.3 Å². The summed E-state index contributed by atoms with van der Waals surface area (Å²) in [7, 11) is 1.16. The zero-order chi connectivity index (χ0) is 16.2. The van der Waals surface area contributed by atoms with Crippen molar-refractivity contribution in [2.75, 3.05) is 20.3 Å². The Labute approximate surface area is 122 Å². The standard InChI is InChI=1S/C12H20N4O5/c1-12(2,3)9-8(7(14-15-13)10(17)20-4)16(11(18)19)5-6-21-9/h7-9H,5-6H2,1-4H3,(H,18,19). The van der Waals surface area contributed by atoms with Gasteiger partial charge in [-0.25, -0.2) is 4.79 Å². The van der Waals surface area contributed by atoms with Gasteiger partial charge in [-0.2, -0.15) is 0 Å². The number of carbonyl (C=O) groups is 2. The minimum Gasteiger partial charge on any atom is -0.469 e. The number of rotatable bonds is 3. The van der Waals surface area contributed by atoms with Gasteiger partial charge in [-0.15, -0.1) is 0 Å². The molecule has 1 N–H and O–H groups in total. The fourth-order valence-corrected chi connectivity index (χ4v) is 2.44. The molecular formula is C12H20N4O5. The summed E-state index contributed by atoms with van der Waals surface area (Å²) in [6.07, 6.45) is -1.79. The zero-order valence-corrected chi connectivity index (χ0v) is 12.5. The Morgan fingerprint density at radius 3 is 2.57 bits per heavy atom. The molecule has 9 heteroatoms. The first-order valence-electron chi connectivity index (χ1n) is 6.47. The summed E-state index contributed by atoms with van der Waals surface area (Å²) in [6.45, 7) is 5.90. The van der Waals surface area contributed by atoms with Gasteiger partial charge in [-0.3, -0.25) is 9.69 Å². The summed E-state index contributed by atoms with van der Waals surface area (Å²) in [5.74, 6) is -0.788. The van der Waals surface area contributed by atoms with E-state index in [1.165, 1.54) is 0 Å². The minimum absolute atomic E-state index is 0.0982. The topological polar surface area (TPSA) is 125 Å². The molecule has 0 radical (unpaired) electrons. The Balaban J connectivity index is 3.30. The van der Waals surface area contributed by atoms with Crippen molar-refractivity contribution < 1.29 is 24.2 Å². The van der Waals surface area contributed by atoms with Gasteiger partial charge in [0.15, 0.2) is 6.04 Å². The molecule has 0 aromatic rings. The molecule has 9 nitrogen and oxygen atoms in total. The molecule has 0 aromatic carbocycles. The third-order valence-corrected chi connectivity index (χ3v) is 3.34. The molecule has 1 rings (SSSR count). The quantitative estimate of drug-likeness (QED) is 0.367. The lowest BCUT2D eigenvalue weighted by molar-refractivity contribution is -0.153. The number of hydrogen-bond donors (Lipinski definition) is 1. The molecular weight excluding hydrogens is 280 g/mol. The van der Waals surface area contributed by atoms with Gasteiger partial charge in [-0.1, -0.05) is 25.9 Å². The number of methoxy groups -OCH3 is 1. The number of morpholine rings is 1. The second-order valence-electron chi connectivity index (χ2n) is 5.80. The Bertz CT molecular complexity index is 455. The van der Waals surface area contributed by atoms with Gasteiger partial charge in [-0.05, 0) is 10.9 Å². The normalized spacial score (nSPS) is 23.9. The molecule has 0 aliphatic carbocycles. The SMILES string of the molecule is COC(=O)C(N=[N+]=[N-])C1C(C(C)(C)C)OCCN1C(=O)O. The van der Waals surface area contributed by atoms with Crippen LogP contribution in [0.15, 0.2) is 5.11 Å². The van der Waals surface area contributed by atoms with Crippen molar-refractivity contribution in [3.8, 4) is 0 Å². The molecule has 1 aliphatic heterocycles. The molecule has 1 aliphatic rings. The fourth-order valence-electron chi connectivity index (χ4n) is 2.44. The highest BCUT2D eigenvalue weighted by Crippen LogP contribution is 2.33. The summed E-state index contributed by atoms with van der Waals surface area (Å²) in [4.78, 5) is 27.0. The van der Waals surface area contributed by atoms with Crippen LogP contribution in [-0.4, -0.2) is 60.5 Å². The number of azide groups is 1. The average molecular weight is 300 g/mol. The first-order valence-corrected chi connectivity index (χ1v) is 6.47. The van der Waals surface area contributed by atoms with Crippen LogP contribution < -0.4 is 0 Å². The molecule has 21 heavy (non-hydrogen) atoms. The maximum atomic E-state index is 11.9. The third-order valence-electron chi connectivity index (χ3n) is 3.34. The molecule has 3 unspecified atom stereocenters. The highest BCUT2D eigenvalue weighted by atomic mass is 16.5. The van der Waals surface area contributed by atoms with E-state index in [1.54, 1.807) is 0 Å². The van der Waals surface area contributed by atoms with Crippen molar-refractivity contribution in [3.63, 3.8) is 0 Å². The predicted molar refractivity (Wildman–Crippen MR) is 72.7 cm³/mol. The van der Waals surface area contributed by atoms with Gasteiger partial charge in [0.25, 0.3) is 0 Å². The molecule has 1 amide bonds. The minimum atomic E-state index is -1.29. The van der Waals surface area contributed by atoms with E-state index < -0.39 is 35.7 Å². The van der Waals surface area contributed by atoms with E-state index in [4.69, 9.17) is 10.3 Å². The molecule has 0 saturated carbocycles. The predicted octanol–water partition coefficient (Wildman–Crippen LogP) is 1.63. The molecule has 1 fully saturated rings. The molecule has 118 valence electrons. The number of esters is 1. The van der Waals surface area contributed by atoms with Crippen LogP contribution in [0.1, 0.15) is 20.8 Å². The van der Waals surface area contributed by atoms with Gasteiger partial charge in [0.1, 0.15) is 0 Å². The van der Waals surface area contributed by atoms with Crippen LogP contribution >= 0.6 is 0 Å². The Morgan fingerprint density at radius 2 is 2.14 bits per heavy atom. The summed E-state index contributed by atoms with van der Waals surface area (Å²) in [5, 5.41) is 12.8. The van der Waals surface area contributed by atoms with E-state index in [0.29, 0.717) is 0 Å². The number of nitrogens with zero attached hydrogens (tertiary/aromatic N) is 4. The number of hydrogen-bond acceptors (Lipinski definition) is 5. The van der Waals surface area contributed by atoms with Crippen molar-refractivity contribution in [1.82, 2.24) is 4.90 Å². The van der Waals surface area contributed by atoms with E-state index in [-0.39, 0.29) is 13.2 Å². The fraction of sp³-hybridized carbons (Fsp3) is 0.833. The van der Waals surface area contributed by atoms with Crippen LogP contribution in [0.4, 0.5) is 4.79 Å². The lowest BCUT2D eigenvalue weighted by atomic mass is 9.80. The Morgan fingerprint density at radius 1 is 1.52 bits per heavy atom. The maximum absolute atomic E-state index is 11.9. The summed E-state index contributed by atoms with van der Waals surface area (Å²) < 4.78 is 10.3. The molecule has 0 aromatic heterocycles. The average Bonchev–Trinajstić information content (AvgIpc) is 2.42. The van der Waals surface area contributed by atoms with Crippen LogP contribution in [0.5, 0.6) is 0 Å². The number of carbonyl (C=O) groups excluding carboxylic acids is 1. The second kappa shape index (κ2) is 6.64. The summed E-state index contributed by atoms with van der Waals surface area (Å²) >= 11 is 0. The first-order chi connectivity index (χ1) is 9.73. The Kier molecular flexibility index (Phi) is 5.40. The zero-order valence-electron chi connectivity index (χ0n) is 12.5. The van der Waals surface area contributed by atoms with Gasteiger partial charge in [0.2, 0.25) is 0 Å². The van der Waals surface area contributed by atoms with E-state index in [1.807, 2.05) is 20.8 Å². The largest absolute Gasteiger partial charge is 0.469 e. The van der Waals surface area contributed by atoms with E-state index in [2.05, 4.69) is 14.8 Å². The van der Waals surface area contributed by atoms with Gasteiger partial charge in [0, 0.05) is 11.5 Å². The Hall–Kier alpha value is -1.99. The van der Waals surface area contributed by atoms with Crippen molar-refractivity contribution in [3.05, 3.63) is 10.4 Å². The molecule has 1 saturated heterocycles. The van der Waals surface area contributed by atoms with E-state index in [0.717, 1.165) is 12.0 Å². The number of ether oxygens (including phenoxy) is 2. The highest BCUT2D eigenvalue weighted by Gasteiger charge is 2.48. The van der Waals surface area contributed by atoms with E-state index >= 15 is 0 Å². The highest BCUT2D eigenvalue weighted by molar-refractivity contribution is 5.78. The third kappa shape index (κ3) is 3.77. The van der Waals surface area contributed by atoms with Crippen LogP contribution in [0.3, 0.4) is 0 Å². The van der Waals surface area contributed by atoms with Crippen molar-refractivity contribution in [2.24, 2.45) is 10.5 Å². The lowest BCUT2D eigenvalue weighted by Crippen LogP contribution is -2.63. The first kappa shape index (κ1) is 17.1. The molecule has 1 heterocycles.